The number of nitrogens with two attached hydrogens (primary N) is 1. The van der Waals surface area contributed by atoms with Gasteiger partial charge in [0.1, 0.15) is 0 Å². The molecule has 0 saturated heterocycles. The summed E-state index contributed by atoms with van der Waals surface area (Å²) >= 11 is 0. The first-order chi connectivity index (χ1) is 6.95. The minimum Gasteiger partial charge on any atom is -0.396 e. The highest BCUT2D eigenvalue weighted by molar-refractivity contribution is 5.85. The van der Waals surface area contributed by atoms with Crippen molar-refractivity contribution in [3.8, 4) is 0 Å². The summed E-state index contributed by atoms with van der Waals surface area (Å²) in [7, 11) is 0. The van der Waals surface area contributed by atoms with E-state index in [2.05, 4.69) is 45.0 Å². The Labute approximate surface area is 104 Å². The van der Waals surface area contributed by atoms with Crippen molar-refractivity contribution in [2.75, 3.05) is 6.61 Å². The quantitative estimate of drug-likeness (QED) is 0.858. The van der Waals surface area contributed by atoms with Gasteiger partial charge in [-0.1, -0.05) is 45.0 Å². The first-order valence-corrected chi connectivity index (χ1v) is 5.42. The molecule has 0 spiro atoms. The molecule has 0 bridgehead atoms. The molecule has 1 atom stereocenters. The van der Waals surface area contributed by atoms with Crippen molar-refractivity contribution >= 4 is 12.4 Å². The molecule has 0 saturated carbocycles. The van der Waals surface area contributed by atoms with Crippen LogP contribution in [0, 0.1) is 0 Å². The lowest BCUT2D eigenvalue weighted by Gasteiger charge is -2.20. The Morgan fingerprint density at radius 3 is 2.06 bits per heavy atom. The second-order valence-electron chi connectivity index (χ2n) is 4.99. The average Bonchev–Trinajstić information content (AvgIpc) is 2.17. The topological polar surface area (TPSA) is 46.2 Å². The molecule has 0 fully saturated rings. The summed E-state index contributed by atoms with van der Waals surface area (Å²) in [6.45, 7) is 6.71. The van der Waals surface area contributed by atoms with Gasteiger partial charge >= 0.3 is 0 Å². The van der Waals surface area contributed by atoms with Crippen LogP contribution in [-0.4, -0.2) is 11.7 Å². The van der Waals surface area contributed by atoms with Crippen LogP contribution in [0.3, 0.4) is 0 Å². The van der Waals surface area contributed by atoms with Gasteiger partial charge in [0.15, 0.2) is 0 Å². The summed E-state index contributed by atoms with van der Waals surface area (Å²) in [5.41, 5.74) is 8.49. The lowest BCUT2D eigenvalue weighted by atomic mass is 9.86. The van der Waals surface area contributed by atoms with Crippen LogP contribution in [0.1, 0.15) is 44.4 Å². The molecule has 92 valence electrons. The van der Waals surface area contributed by atoms with E-state index in [0.29, 0.717) is 6.42 Å². The maximum absolute atomic E-state index is 8.80. The standard InChI is InChI=1S/C13H21NO.ClH/c1-13(2,3)11-6-4-10(5-7-11)12(14)8-9-15;/h4-7,12,15H,8-9,14H2,1-3H3;1H. The number of rotatable bonds is 3. The molecule has 0 aliphatic rings. The van der Waals surface area contributed by atoms with Gasteiger partial charge in [-0.25, -0.2) is 0 Å². The van der Waals surface area contributed by atoms with Gasteiger partial charge in [0.05, 0.1) is 0 Å². The molecule has 16 heavy (non-hydrogen) atoms. The van der Waals surface area contributed by atoms with E-state index >= 15 is 0 Å². The smallest absolute Gasteiger partial charge is 0.0449 e. The zero-order chi connectivity index (χ0) is 11.5. The first-order valence-electron chi connectivity index (χ1n) is 5.42. The minimum absolute atomic E-state index is 0. The lowest BCUT2D eigenvalue weighted by molar-refractivity contribution is 0.276. The number of hydrogen-bond acceptors (Lipinski definition) is 2. The second-order valence-corrected chi connectivity index (χ2v) is 4.99. The van der Waals surface area contributed by atoms with Crippen LogP contribution in [0.5, 0.6) is 0 Å². The van der Waals surface area contributed by atoms with Crippen molar-refractivity contribution in [2.45, 2.75) is 38.6 Å². The van der Waals surface area contributed by atoms with E-state index in [1.54, 1.807) is 0 Å². The van der Waals surface area contributed by atoms with E-state index in [-0.39, 0.29) is 30.5 Å². The fourth-order valence-corrected chi connectivity index (χ4v) is 1.54. The van der Waals surface area contributed by atoms with Gasteiger partial charge < -0.3 is 10.8 Å². The largest absolute Gasteiger partial charge is 0.396 e. The van der Waals surface area contributed by atoms with E-state index in [9.17, 15) is 0 Å². The van der Waals surface area contributed by atoms with Gasteiger partial charge in [0.25, 0.3) is 0 Å². The minimum atomic E-state index is -0.0518. The molecule has 1 aromatic rings. The van der Waals surface area contributed by atoms with Crippen LogP contribution < -0.4 is 5.73 Å². The number of benzene rings is 1. The molecule has 0 aromatic heterocycles. The van der Waals surface area contributed by atoms with Gasteiger partial charge in [-0.2, -0.15) is 0 Å². The highest BCUT2D eigenvalue weighted by atomic mass is 35.5. The van der Waals surface area contributed by atoms with E-state index in [4.69, 9.17) is 10.8 Å². The number of aliphatic hydroxyl groups excluding tert-OH is 1. The van der Waals surface area contributed by atoms with E-state index < -0.39 is 0 Å². The summed E-state index contributed by atoms with van der Waals surface area (Å²) in [6, 6.07) is 8.30. The average molecular weight is 244 g/mol. The second kappa shape index (κ2) is 6.24. The van der Waals surface area contributed by atoms with E-state index in [1.807, 2.05) is 0 Å². The molecule has 0 aliphatic carbocycles. The van der Waals surface area contributed by atoms with Crippen molar-refractivity contribution in [3.05, 3.63) is 35.4 Å². The lowest BCUT2D eigenvalue weighted by Crippen LogP contribution is -2.14. The monoisotopic (exact) mass is 243 g/mol. The summed E-state index contributed by atoms with van der Waals surface area (Å²) in [6.07, 6.45) is 0.620. The fraction of sp³-hybridized carbons (Fsp3) is 0.538. The predicted octanol–water partition coefficient (Wildman–Crippen LogP) is 2.79. The summed E-state index contributed by atoms with van der Waals surface area (Å²) in [5.74, 6) is 0. The molecule has 0 amide bonds. The number of hydrogen-bond donors (Lipinski definition) is 2. The molecule has 2 nitrogen and oxygen atoms in total. The van der Waals surface area contributed by atoms with Crippen molar-refractivity contribution < 1.29 is 5.11 Å². The van der Waals surface area contributed by atoms with Crippen LogP contribution in [0.2, 0.25) is 0 Å². The maximum Gasteiger partial charge on any atom is 0.0449 e. The summed E-state index contributed by atoms with van der Waals surface area (Å²) < 4.78 is 0. The molecular formula is C13H22ClNO. The summed E-state index contributed by atoms with van der Waals surface area (Å²) in [5, 5.41) is 8.80. The van der Waals surface area contributed by atoms with Crippen molar-refractivity contribution in [2.24, 2.45) is 5.73 Å². The van der Waals surface area contributed by atoms with Gasteiger partial charge in [-0.15, -0.1) is 12.4 Å². The first kappa shape index (κ1) is 15.4. The number of aliphatic hydroxyl groups is 1. The molecule has 1 rings (SSSR count). The van der Waals surface area contributed by atoms with Crippen LogP contribution in [0.4, 0.5) is 0 Å². The Balaban J connectivity index is 0.00000225. The fourth-order valence-electron chi connectivity index (χ4n) is 1.54. The van der Waals surface area contributed by atoms with Crippen LogP contribution in [0.25, 0.3) is 0 Å². The maximum atomic E-state index is 8.80. The molecular weight excluding hydrogens is 222 g/mol. The zero-order valence-corrected chi connectivity index (χ0v) is 11.1. The van der Waals surface area contributed by atoms with Crippen LogP contribution >= 0.6 is 12.4 Å². The molecule has 0 heterocycles. The van der Waals surface area contributed by atoms with Crippen molar-refractivity contribution in [1.29, 1.82) is 0 Å². The van der Waals surface area contributed by atoms with Gasteiger partial charge in [0, 0.05) is 12.6 Å². The predicted molar refractivity (Wildman–Crippen MR) is 71.0 cm³/mol. The normalized spacial score (nSPS) is 13.1. The van der Waals surface area contributed by atoms with Crippen molar-refractivity contribution in [3.63, 3.8) is 0 Å². The Kier molecular flexibility index (Phi) is 6.01. The van der Waals surface area contributed by atoms with Crippen molar-refractivity contribution in [1.82, 2.24) is 0 Å². The Morgan fingerprint density at radius 2 is 1.69 bits per heavy atom. The third-order valence-corrected chi connectivity index (χ3v) is 2.64. The van der Waals surface area contributed by atoms with E-state index in [1.165, 1.54) is 5.56 Å². The highest BCUT2D eigenvalue weighted by Crippen LogP contribution is 2.23. The third kappa shape index (κ3) is 4.12. The Bertz CT molecular complexity index is 303. The zero-order valence-electron chi connectivity index (χ0n) is 10.2. The van der Waals surface area contributed by atoms with Gasteiger partial charge in [-0.05, 0) is 23.0 Å². The molecule has 3 heteroatoms. The SMILES string of the molecule is CC(C)(C)c1ccc(C(N)CCO)cc1.Cl. The van der Waals surface area contributed by atoms with Crippen LogP contribution in [-0.2, 0) is 5.41 Å². The van der Waals surface area contributed by atoms with Gasteiger partial charge in [0.2, 0.25) is 0 Å². The Hall–Kier alpha value is -0.570. The Morgan fingerprint density at radius 1 is 1.19 bits per heavy atom. The van der Waals surface area contributed by atoms with Gasteiger partial charge in [-0.3, -0.25) is 0 Å². The highest BCUT2D eigenvalue weighted by Gasteiger charge is 2.13. The van der Waals surface area contributed by atoms with E-state index in [0.717, 1.165) is 5.56 Å². The molecule has 0 aliphatic heterocycles. The molecule has 1 aromatic carbocycles. The third-order valence-electron chi connectivity index (χ3n) is 2.64. The number of halogens is 1. The molecule has 1 unspecified atom stereocenters. The molecule has 3 N–H and O–H groups in total. The molecule has 0 radical (unpaired) electrons. The summed E-state index contributed by atoms with van der Waals surface area (Å²) in [4.78, 5) is 0. The van der Waals surface area contributed by atoms with Crippen LogP contribution in [0.15, 0.2) is 24.3 Å².